The predicted molar refractivity (Wildman–Crippen MR) is 267 cm³/mol. The van der Waals surface area contributed by atoms with E-state index in [0.717, 1.165) is 0 Å². The normalized spacial score (nSPS) is 12.4. The number of rotatable bonds is 38. The average Bonchev–Trinajstić information content (AvgIpc) is 3.24. The Hall–Kier alpha value is 0.110. The van der Waals surface area contributed by atoms with Gasteiger partial charge in [0.1, 0.15) is 0 Å². The predicted octanol–water partition coefficient (Wildman–Crippen LogP) is 14.6. The van der Waals surface area contributed by atoms with Crippen LogP contribution < -0.4 is 0 Å². The lowest BCUT2D eigenvalue weighted by Gasteiger charge is -2.39. The third kappa shape index (κ3) is 39.0. The van der Waals surface area contributed by atoms with Crippen LogP contribution in [0.25, 0.3) is 0 Å². The number of halogens is 1. The summed E-state index contributed by atoms with van der Waals surface area (Å²) >= 11 is 0. The van der Waals surface area contributed by atoms with E-state index in [2.05, 4.69) is 83.1 Å². The molecule has 0 aromatic carbocycles. The molecule has 0 radical (unpaired) electrons. The van der Waals surface area contributed by atoms with Gasteiger partial charge in [-0.2, -0.15) is 0 Å². The maximum atomic E-state index is 11.9. The largest absolute Gasteiger partial charge is 0.372 e. The molecule has 0 rings (SSSR count). The summed E-state index contributed by atoms with van der Waals surface area (Å²) in [6.07, 6.45) is 33.2. The summed E-state index contributed by atoms with van der Waals surface area (Å²) in [6.45, 7) is 45.1. The molecule has 0 aliphatic rings. The molecule has 0 bridgehead atoms. The van der Waals surface area contributed by atoms with E-state index < -0.39 is 20.8 Å². The lowest BCUT2D eigenvalue weighted by molar-refractivity contribution is -0.929. The van der Waals surface area contributed by atoms with E-state index in [9.17, 15) is 13.5 Å². The van der Waals surface area contributed by atoms with Crippen LogP contribution in [-0.4, -0.2) is 117 Å². The number of hydrogen-bond acceptors (Lipinski definition) is 2. The minimum atomic E-state index is -5.31. The molecule has 4 N–H and O–H groups in total. The zero-order valence-electron chi connectivity index (χ0n) is 43.3. The van der Waals surface area contributed by atoms with Crippen molar-refractivity contribution in [1.29, 1.82) is 0 Å². The zero-order valence-corrected chi connectivity index (χ0v) is 45.0. The Bertz CT molecular complexity index is 779. The van der Waals surface area contributed by atoms with Crippen LogP contribution in [-0.2, 0) is 9.13 Å². The van der Waals surface area contributed by atoms with Gasteiger partial charge in [0.25, 0.3) is 5.65 Å². The first-order valence-electron chi connectivity index (χ1n) is 26.2. The van der Waals surface area contributed by atoms with Crippen LogP contribution in [0.4, 0.5) is 4.39 Å². The fourth-order valence-electron chi connectivity index (χ4n) is 8.13. The molecule has 0 aliphatic heterocycles. The topological polar surface area (TPSA) is 115 Å². The highest BCUT2D eigenvalue weighted by molar-refractivity contribution is 7.70. The van der Waals surface area contributed by atoms with Gasteiger partial charge in [-0.15, -0.1) is 0 Å². The lowest BCUT2D eigenvalue weighted by Crippen LogP contribution is -2.50. The summed E-state index contributed by atoms with van der Waals surface area (Å²) < 4.78 is 35.8. The monoisotopic (exact) mass is 921 g/mol. The fraction of sp³-hybridized carbons (Fsp3) is 1.00. The van der Waals surface area contributed by atoms with Gasteiger partial charge in [0, 0.05) is 0 Å². The van der Waals surface area contributed by atoms with Crippen LogP contribution in [0.15, 0.2) is 0 Å². The van der Waals surface area contributed by atoms with Crippen molar-refractivity contribution in [2.75, 3.05) is 78.5 Å². The first-order valence-corrected chi connectivity index (χ1v) is 29.5. The highest BCUT2D eigenvalue weighted by Gasteiger charge is 2.43. The molecule has 0 saturated heterocycles. The van der Waals surface area contributed by atoms with Crippen molar-refractivity contribution in [3.63, 3.8) is 0 Å². The quantitative estimate of drug-likeness (QED) is 0.0362. The summed E-state index contributed by atoms with van der Waals surface area (Å²) in [6, 6.07) is 0. The van der Waals surface area contributed by atoms with Crippen LogP contribution in [0.5, 0.6) is 0 Å². The Balaban J connectivity index is -0.000000361. The fourth-order valence-corrected chi connectivity index (χ4v) is 9.70. The number of hydrogen-bond donors (Lipinski definition) is 4. The summed E-state index contributed by atoms with van der Waals surface area (Å²) in [5.41, 5.74) is -3.40. The summed E-state index contributed by atoms with van der Waals surface area (Å²) in [7, 11) is -10.6. The van der Waals surface area contributed by atoms with Crippen LogP contribution in [0.3, 0.4) is 0 Å². The van der Waals surface area contributed by atoms with Crippen LogP contribution >= 0.6 is 15.2 Å². The number of alkyl halides is 1. The van der Waals surface area contributed by atoms with Crippen molar-refractivity contribution in [1.82, 2.24) is 0 Å². The lowest BCUT2D eigenvalue weighted by atomic mass is 10.1. The Morgan fingerprint density at radius 3 is 0.443 bits per heavy atom. The van der Waals surface area contributed by atoms with Gasteiger partial charge in [-0.1, -0.05) is 160 Å². The molecular formula is C49H113FN3O6P2+3. The standard InChI is InChI=1S/3C16H36N.CH5FO6P2/c3*1-5-9-13-17(14-10-6-2,15-11-7-3)16-12-8-4;2-1(9(3,4)5)10(6,7)8/h3*5-16H2,1-4H3;1H,(H2,3,4,5)(H2,6,7,8)/q3*+1;. The highest BCUT2D eigenvalue weighted by atomic mass is 31.2. The van der Waals surface area contributed by atoms with Gasteiger partial charge in [0.2, 0.25) is 0 Å². The molecule has 61 heavy (non-hydrogen) atoms. The van der Waals surface area contributed by atoms with Crippen molar-refractivity contribution < 1.29 is 46.5 Å². The van der Waals surface area contributed by atoms with Crippen molar-refractivity contribution >= 4 is 15.2 Å². The van der Waals surface area contributed by atoms with Gasteiger partial charge >= 0.3 is 15.2 Å². The summed E-state index contributed by atoms with van der Waals surface area (Å²) in [5.74, 6) is 0. The second-order valence-corrected chi connectivity index (χ2v) is 22.1. The Kier molecular flexibility index (Phi) is 48.8. The smallest absolute Gasteiger partial charge is 0.324 e. The van der Waals surface area contributed by atoms with Gasteiger partial charge in [-0.25, -0.2) is 4.39 Å². The number of unbranched alkanes of at least 4 members (excludes halogenated alkanes) is 12. The van der Waals surface area contributed by atoms with Crippen LogP contribution in [0.2, 0.25) is 0 Å². The molecule has 12 heteroatoms. The molecule has 374 valence electrons. The second-order valence-electron chi connectivity index (χ2n) is 18.4. The molecule has 9 nitrogen and oxygen atoms in total. The summed E-state index contributed by atoms with van der Waals surface area (Å²) in [4.78, 5) is 31.5. The van der Waals surface area contributed by atoms with Crippen molar-refractivity contribution in [2.45, 2.75) is 243 Å². The Morgan fingerprint density at radius 2 is 0.393 bits per heavy atom. The van der Waals surface area contributed by atoms with Crippen molar-refractivity contribution in [2.24, 2.45) is 0 Å². The third-order valence-corrected chi connectivity index (χ3v) is 15.3. The SMILES string of the molecule is CCCC[N+](CCCC)(CCCC)CCCC.CCCC[N+](CCCC)(CCCC)CCCC.CCCC[N+](CCCC)(CCCC)CCCC.O=P(O)(O)C(F)P(=O)(O)O. The van der Waals surface area contributed by atoms with Crippen molar-refractivity contribution in [3.05, 3.63) is 0 Å². The highest BCUT2D eigenvalue weighted by Crippen LogP contribution is 2.60. The minimum Gasteiger partial charge on any atom is -0.324 e. The van der Waals surface area contributed by atoms with E-state index in [-0.39, 0.29) is 0 Å². The van der Waals surface area contributed by atoms with E-state index in [1.165, 1.54) is 246 Å². The summed E-state index contributed by atoms with van der Waals surface area (Å²) in [5, 5.41) is 0. The molecule has 0 spiro atoms. The van der Waals surface area contributed by atoms with Gasteiger partial charge in [0.15, 0.2) is 0 Å². The van der Waals surface area contributed by atoms with Gasteiger partial charge in [-0.3, -0.25) is 9.13 Å². The molecule has 0 saturated carbocycles. The van der Waals surface area contributed by atoms with E-state index in [4.69, 9.17) is 19.6 Å². The molecular weight excluding hydrogens is 808 g/mol. The maximum absolute atomic E-state index is 11.9. The second kappa shape index (κ2) is 44.0. The number of nitrogens with zero attached hydrogens (tertiary/aromatic N) is 3. The van der Waals surface area contributed by atoms with E-state index in [0.29, 0.717) is 0 Å². The Morgan fingerprint density at radius 1 is 0.295 bits per heavy atom. The Labute approximate surface area is 381 Å². The molecule has 0 unspecified atom stereocenters. The van der Waals surface area contributed by atoms with Crippen LogP contribution in [0, 0.1) is 0 Å². The number of quaternary nitrogens is 3. The van der Waals surface area contributed by atoms with E-state index in [1.807, 2.05) is 0 Å². The van der Waals surface area contributed by atoms with Crippen molar-refractivity contribution in [3.8, 4) is 0 Å². The molecule has 0 atom stereocenters. The van der Waals surface area contributed by atoms with Gasteiger partial charge in [0.05, 0.1) is 78.5 Å². The first kappa shape index (κ1) is 67.7. The average molecular weight is 921 g/mol. The minimum absolute atomic E-state index is 1.35. The van der Waals surface area contributed by atoms with Gasteiger partial charge < -0.3 is 33.0 Å². The molecule has 0 heterocycles. The van der Waals surface area contributed by atoms with E-state index in [1.54, 1.807) is 0 Å². The molecule has 0 aromatic rings. The maximum Gasteiger partial charge on any atom is 0.372 e. The zero-order chi connectivity index (χ0) is 47.5. The third-order valence-electron chi connectivity index (χ3n) is 12.4. The molecule has 0 aromatic heterocycles. The van der Waals surface area contributed by atoms with E-state index >= 15 is 0 Å². The first-order chi connectivity index (χ1) is 28.9. The van der Waals surface area contributed by atoms with Gasteiger partial charge in [-0.05, 0) is 77.0 Å². The molecule has 0 aliphatic carbocycles. The molecule has 0 amide bonds. The molecule has 0 fully saturated rings. The van der Waals surface area contributed by atoms with Crippen LogP contribution in [0.1, 0.15) is 237 Å².